The summed E-state index contributed by atoms with van der Waals surface area (Å²) in [7, 11) is 3.23. The topological polar surface area (TPSA) is 47.6 Å². The maximum absolute atomic E-state index is 12.9. The van der Waals surface area contributed by atoms with Gasteiger partial charge in [-0.15, -0.1) is 0 Å². The van der Waals surface area contributed by atoms with E-state index in [4.69, 9.17) is 9.47 Å². The number of carbonyl (C=O) groups excluding carboxylic acids is 1. The number of nitrogens with one attached hydrogen (secondary N) is 1. The third-order valence-electron chi connectivity index (χ3n) is 4.74. The second kappa shape index (κ2) is 6.13. The molecule has 4 heteroatoms. The molecule has 3 aromatic rings. The lowest BCUT2D eigenvalue weighted by atomic mass is 9.89. The summed E-state index contributed by atoms with van der Waals surface area (Å²) in [4.78, 5) is 12.9. The van der Waals surface area contributed by atoms with Gasteiger partial charge in [0.25, 0.3) is 0 Å². The average molecular weight is 333 g/mol. The Morgan fingerprint density at radius 2 is 1.76 bits per heavy atom. The van der Waals surface area contributed by atoms with E-state index in [0.717, 1.165) is 27.6 Å². The van der Waals surface area contributed by atoms with Gasteiger partial charge in [-0.3, -0.25) is 4.79 Å². The zero-order valence-corrected chi connectivity index (χ0v) is 14.2. The molecule has 0 amide bonds. The summed E-state index contributed by atoms with van der Waals surface area (Å²) in [5, 5.41) is 5.59. The van der Waals surface area contributed by atoms with Crippen LogP contribution in [0, 0.1) is 0 Å². The van der Waals surface area contributed by atoms with Gasteiger partial charge in [0, 0.05) is 17.7 Å². The van der Waals surface area contributed by atoms with Gasteiger partial charge in [0.2, 0.25) is 0 Å². The molecule has 0 fully saturated rings. The highest BCUT2D eigenvalue weighted by molar-refractivity contribution is 6.14. The van der Waals surface area contributed by atoms with Gasteiger partial charge in [0.05, 0.1) is 20.3 Å². The molecule has 4 nitrogen and oxygen atoms in total. The Morgan fingerprint density at radius 1 is 0.960 bits per heavy atom. The summed E-state index contributed by atoms with van der Waals surface area (Å²) in [6.45, 7) is 0. The fourth-order valence-electron chi connectivity index (χ4n) is 3.49. The van der Waals surface area contributed by atoms with Crippen molar-refractivity contribution in [3.8, 4) is 11.5 Å². The Hall–Kier alpha value is -3.01. The van der Waals surface area contributed by atoms with Crippen LogP contribution in [0.25, 0.3) is 10.8 Å². The van der Waals surface area contributed by atoms with Crippen LogP contribution in [-0.2, 0) is 0 Å². The Bertz CT molecular complexity index is 965. The molecule has 3 aromatic carbocycles. The highest BCUT2D eigenvalue weighted by Gasteiger charge is 2.27. The molecule has 0 radical (unpaired) electrons. The van der Waals surface area contributed by atoms with E-state index in [1.54, 1.807) is 14.2 Å². The zero-order valence-electron chi connectivity index (χ0n) is 14.2. The van der Waals surface area contributed by atoms with Crippen LogP contribution in [0.1, 0.15) is 28.4 Å². The fourth-order valence-corrected chi connectivity index (χ4v) is 3.49. The molecule has 0 spiro atoms. The molecule has 1 aliphatic heterocycles. The Kier molecular flexibility index (Phi) is 3.80. The maximum atomic E-state index is 12.9. The van der Waals surface area contributed by atoms with Crippen molar-refractivity contribution in [1.29, 1.82) is 0 Å². The molecule has 126 valence electrons. The Balaban J connectivity index is 1.75. The number of methoxy groups -OCH3 is 2. The van der Waals surface area contributed by atoms with Gasteiger partial charge in [-0.05, 0) is 34.5 Å². The lowest BCUT2D eigenvalue weighted by Crippen LogP contribution is -2.23. The quantitative estimate of drug-likeness (QED) is 0.761. The van der Waals surface area contributed by atoms with Crippen molar-refractivity contribution in [1.82, 2.24) is 0 Å². The number of hydrogen-bond donors (Lipinski definition) is 1. The average Bonchev–Trinajstić information content (AvgIpc) is 2.66. The lowest BCUT2D eigenvalue weighted by Gasteiger charge is -2.28. The van der Waals surface area contributed by atoms with Crippen molar-refractivity contribution >= 4 is 22.2 Å². The summed E-state index contributed by atoms with van der Waals surface area (Å²) in [6.07, 6.45) is 0.413. The molecule has 1 atom stereocenters. The van der Waals surface area contributed by atoms with E-state index in [1.165, 1.54) is 0 Å². The first-order chi connectivity index (χ1) is 12.2. The molecule has 0 aromatic heterocycles. The number of anilines is 1. The molecule has 0 unspecified atom stereocenters. The van der Waals surface area contributed by atoms with Crippen molar-refractivity contribution in [2.75, 3.05) is 19.5 Å². The zero-order chi connectivity index (χ0) is 17.4. The lowest BCUT2D eigenvalue weighted by molar-refractivity contribution is 0.0974. The number of fused-ring (bicyclic) bond motifs is 3. The van der Waals surface area contributed by atoms with Crippen LogP contribution >= 0.6 is 0 Å². The van der Waals surface area contributed by atoms with E-state index in [2.05, 4.69) is 5.32 Å². The second-order valence-electron chi connectivity index (χ2n) is 6.15. The smallest absolute Gasteiger partial charge is 0.167 e. The van der Waals surface area contributed by atoms with Crippen LogP contribution in [-0.4, -0.2) is 20.0 Å². The van der Waals surface area contributed by atoms with Gasteiger partial charge in [0.15, 0.2) is 17.3 Å². The predicted octanol–water partition coefficient (Wildman–Crippen LogP) is 4.60. The van der Waals surface area contributed by atoms with Crippen LogP contribution in [0.3, 0.4) is 0 Å². The van der Waals surface area contributed by atoms with Crippen LogP contribution in [0.15, 0.2) is 54.6 Å². The first-order valence-electron chi connectivity index (χ1n) is 8.24. The molecule has 1 aliphatic rings. The normalized spacial score (nSPS) is 16.2. The summed E-state index contributed by atoms with van der Waals surface area (Å²) in [5.41, 5.74) is 2.68. The number of benzene rings is 3. The minimum atomic E-state index is -0.0824. The highest BCUT2D eigenvalue weighted by Crippen LogP contribution is 2.38. The van der Waals surface area contributed by atoms with Crippen LogP contribution < -0.4 is 14.8 Å². The maximum Gasteiger partial charge on any atom is 0.167 e. The van der Waals surface area contributed by atoms with Crippen molar-refractivity contribution in [2.24, 2.45) is 0 Å². The molecule has 25 heavy (non-hydrogen) atoms. The molecule has 1 heterocycles. The largest absolute Gasteiger partial charge is 0.493 e. The van der Waals surface area contributed by atoms with Crippen molar-refractivity contribution in [3.05, 3.63) is 65.7 Å². The van der Waals surface area contributed by atoms with E-state index in [9.17, 15) is 4.79 Å². The first kappa shape index (κ1) is 15.5. The van der Waals surface area contributed by atoms with E-state index in [1.807, 2.05) is 54.6 Å². The molecule has 0 aliphatic carbocycles. The molecule has 0 saturated carbocycles. The van der Waals surface area contributed by atoms with Crippen molar-refractivity contribution in [2.45, 2.75) is 12.5 Å². The SMILES string of the molecule is COc1ccc([C@@H]2CC(=O)c3c(ccc4ccccc34)N2)cc1OC. The van der Waals surface area contributed by atoms with Crippen LogP contribution in [0.2, 0.25) is 0 Å². The van der Waals surface area contributed by atoms with Gasteiger partial charge in [-0.1, -0.05) is 36.4 Å². The summed E-state index contributed by atoms with van der Waals surface area (Å²) in [5.74, 6) is 1.50. The summed E-state index contributed by atoms with van der Waals surface area (Å²) < 4.78 is 10.7. The van der Waals surface area contributed by atoms with E-state index in [0.29, 0.717) is 17.9 Å². The predicted molar refractivity (Wildman–Crippen MR) is 98.8 cm³/mol. The minimum Gasteiger partial charge on any atom is -0.493 e. The number of ketones is 1. The van der Waals surface area contributed by atoms with E-state index in [-0.39, 0.29) is 11.8 Å². The molecular weight excluding hydrogens is 314 g/mol. The summed E-state index contributed by atoms with van der Waals surface area (Å²) >= 11 is 0. The van der Waals surface area contributed by atoms with Crippen LogP contribution in [0.4, 0.5) is 5.69 Å². The number of ether oxygens (including phenoxy) is 2. The fraction of sp³-hybridized carbons (Fsp3) is 0.190. The molecule has 4 rings (SSSR count). The number of rotatable bonds is 3. The summed E-state index contributed by atoms with van der Waals surface area (Å²) in [6, 6.07) is 17.7. The third kappa shape index (κ3) is 2.60. The molecule has 0 saturated heterocycles. The van der Waals surface area contributed by atoms with Crippen LogP contribution in [0.5, 0.6) is 11.5 Å². The standard InChI is InChI=1S/C21H19NO3/c1-24-19-10-8-14(11-20(19)25-2)17-12-18(23)21-15-6-4-3-5-13(15)7-9-16(21)22-17/h3-11,17,22H,12H2,1-2H3/t17-/m0/s1. The Labute approximate surface area is 146 Å². The number of Topliss-reactive ketones (excluding diaryl/α,β-unsaturated/α-hetero) is 1. The Morgan fingerprint density at radius 3 is 2.56 bits per heavy atom. The van der Waals surface area contributed by atoms with Gasteiger partial charge >= 0.3 is 0 Å². The molecule has 0 bridgehead atoms. The molecular formula is C21H19NO3. The second-order valence-corrected chi connectivity index (χ2v) is 6.15. The monoisotopic (exact) mass is 333 g/mol. The minimum absolute atomic E-state index is 0.0824. The van der Waals surface area contributed by atoms with Gasteiger partial charge in [-0.25, -0.2) is 0 Å². The van der Waals surface area contributed by atoms with Gasteiger partial charge in [-0.2, -0.15) is 0 Å². The van der Waals surface area contributed by atoms with Gasteiger partial charge < -0.3 is 14.8 Å². The van der Waals surface area contributed by atoms with Crippen molar-refractivity contribution < 1.29 is 14.3 Å². The van der Waals surface area contributed by atoms with E-state index >= 15 is 0 Å². The first-order valence-corrected chi connectivity index (χ1v) is 8.24. The highest BCUT2D eigenvalue weighted by atomic mass is 16.5. The molecule has 1 N–H and O–H groups in total. The number of hydrogen-bond acceptors (Lipinski definition) is 4. The van der Waals surface area contributed by atoms with Crippen molar-refractivity contribution in [3.63, 3.8) is 0 Å². The van der Waals surface area contributed by atoms with Gasteiger partial charge in [0.1, 0.15) is 0 Å². The number of carbonyl (C=O) groups is 1. The van der Waals surface area contributed by atoms with E-state index < -0.39 is 0 Å². The third-order valence-corrected chi connectivity index (χ3v) is 4.74.